The number of nitrogens with one attached hydrogen (secondary N) is 1. The Balaban J connectivity index is 2.93. The average Bonchev–Trinajstić information content (AvgIpc) is 2.18. The molecule has 1 aromatic carbocycles. The Labute approximate surface area is 82.0 Å². The molecule has 0 fully saturated rings. The van der Waals surface area contributed by atoms with Crippen molar-refractivity contribution in [2.24, 2.45) is 0 Å². The number of benzene rings is 1. The fourth-order valence-corrected chi connectivity index (χ4v) is 1.89. The van der Waals surface area contributed by atoms with Crippen LogP contribution in [0, 0.1) is 0 Å². The molecule has 0 radical (unpaired) electrons. The van der Waals surface area contributed by atoms with Gasteiger partial charge in [-0.2, -0.15) is 0 Å². The van der Waals surface area contributed by atoms with E-state index >= 15 is 0 Å². The highest BCUT2D eigenvalue weighted by molar-refractivity contribution is 7.90. The van der Waals surface area contributed by atoms with Crippen LogP contribution in [0.2, 0.25) is 0 Å². The van der Waals surface area contributed by atoms with Crippen molar-refractivity contribution >= 4 is 15.9 Å². The molecule has 4 N–H and O–H groups in total. The van der Waals surface area contributed by atoms with E-state index in [2.05, 4.69) is 5.73 Å². The summed E-state index contributed by atoms with van der Waals surface area (Å²) in [6.45, 7) is -0.105. The molecule has 0 aliphatic rings. The minimum absolute atomic E-state index is 0.0711. The summed E-state index contributed by atoms with van der Waals surface area (Å²) in [5.74, 6) is -0.617. The number of sulfonamides is 1. The Morgan fingerprint density at radius 3 is 2.36 bits per heavy atom. The molecule has 0 bridgehead atoms. The van der Waals surface area contributed by atoms with Gasteiger partial charge in [0, 0.05) is 0 Å². The summed E-state index contributed by atoms with van der Waals surface area (Å²) in [5, 5.41) is 0. The fraction of sp³-hybridized carbons (Fsp3) is 0.125. The van der Waals surface area contributed by atoms with E-state index in [9.17, 15) is 13.2 Å². The molecule has 1 aromatic rings. The molecular formula is C8H11N2O3S+. The summed E-state index contributed by atoms with van der Waals surface area (Å²) in [4.78, 5) is 10.9. The highest BCUT2D eigenvalue weighted by atomic mass is 32.2. The van der Waals surface area contributed by atoms with Gasteiger partial charge in [-0.3, -0.25) is 4.79 Å². The molecule has 1 amide bonds. The summed E-state index contributed by atoms with van der Waals surface area (Å²) in [6, 6.07) is 7.70. The van der Waals surface area contributed by atoms with Crippen molar-refractivity contribution in [3.8, 4) is 0 Å². The van der Waals surface area contributed by atoms with Gasteiger partial charge in [0.05, 0.1) is 4.90 Å². The van der Waals surface area contributed by atoms with E-state index in [1.165, 1.54) is 12.1 Å². The molecule has 0 unspecified atom stereocenters. The molecule has 1 rings (SSSR count). The molecule has 0 saturated carbocycles. The zero-order valence-corrected chi connectivity index (χ0v) is 8.25. The van der Waals surface area contributed by atoms with Gasteiger partial charge in [0.15, 0.2) is 6.54 Å². The van der Waals surface area contributed by atoms with Crippen molar-refractivity contribution in [3.05, 3.63) is 30.3 Å². The lowest BCUT2D eigenvalue weighted by Crippen LogP contribution is -2.57. The molecule has 0 aromatic heterocycles. The maximum atomic E-state index is 11.4. The summed E-state index contributed by atoms with van der Waals surface area (Å²) in [5.41, 5.74) is 3.29. The van der Waals surface area contributed by atoms with Gasteiger partial charge in [-0.25, -0.2) is 13.1 Å². The van der Waals surface area contributed by atoms with Gasteiger partial charge in [0.25, 0.3) is 15.9 Å². The fourth-order valence-electron chi connectivity index (χ4n) is 0.859. The van der Waals surface area contributed by atoms with Gasteiger partial charge in [-0.05, 0) is 12.1 Å². The van der Waals surface area contributed by atoms with Crippen molar-refractivity contribution in [1.82, 2.24) is 4.72 Å². The highest BCUT2D eigenvalue weighted by Gasteiger charge is 2.16. The molecule has 0 saturated heterocycles. The van der Waals surface area contributed by atoms with Crippen molar-refractivity contribution < 1.29 is 18.9 Å². The first-order valence-electron chi connectivity index (χ1n) is 3.96. The third-order valence-corrected chi connectivity index (χ3v) is 2.92. The smallest absolute Gasteiger partial charge is 0.288 e. The number of amides is 1. The zero-order valence-electron chi connectivity index (χ0n) is 7.43. The second-order valence-electron chi connectivity index (χ2n) is 2.59. The molecule has 6 heteroatoms. The Hall–Kier alpha value is -1.40. The summed E-state index contributed by atoms with van der Waals surface area (Å²) >= 11 is 0. The van der Waals surface area contributed by atoms with Crippen LogP contribution in [0.1, 0.15) is 0 Å². The van der Waals surface area contributed by atoms with Crippen molar-refractivity contribution in [3.63, 3.8) is 0 Å². The van der Waals surface area contributed by atoms with Crippen LogP contribution in [0.15, 0.2) is 35.2 Å². The lowest BCUT2D eigenvalue weighted by molar-refractivity contribution is -0.354. The van der Waals surface area contributed by atoms with Crippen LogP contribution >= 0.6 is 0 Å². The van der Waals surface area contributed by atoms with E-state index in [1.54, 1.807) is 18.2 Å². The minimum atomic E-state index is -3.71. The van der Waals surface area contributed by atoms with Gasteiger partial charge in [-0.1, -0.05) is 18.2 Å². The lowest BCUT2D eigenvalue weighted by Gasteiger charge is -2.03. The normalized spacial score (nSPS) is 10.9. The second kappa shape index (κ2) is 4.21. The van der Waals surface area contributed by atoms with E-state index in [4.69, 9.17) is 0 Å². The number of carbonyl (C=O) groups is 1. The third kappa shape index (κ3) is 2.54. The minimum Gasteiger partial charge on any atom is -0.350 e. The second-order valence-corrected chi connectivity index (χ2v) is 4.27. The maximum absolute atomic E-state index is 11.4. The van der Waals surface area contributed by atoms with Crippen LogP contribution in [0.5, 0.6) is 0 Å². The van der Waals surface area contributed by atoms with Gasteiger partial charge >= 0.3 is 0 Å². The van der Waals surface area contributed by atoms with Crippen LogP contribution in [0.25, 0.3) is 0 Å². The number of hydrogen-bond donors (Lipinski definition) is 2. The maximum Gasteiger partial charge on any atom is 0.288 e. The van der Waals surface area contributed by atoms with Gasteiger partial charge in [0.1, 0.15) is 0 Å². The van der Waals surface area contributed by atoms with Crippen LogP contribution in [-0.4, -0.2) is 20.9 Å². The van der Waals surface area contributed by atoms with Crippen LogP contribution in [0.4, 0.5) is 0 Å². The largest absolute Gasteiger partial charge is 0.350 e. The van der Waals surface area contributed by atoms with Crippen LogP contribution in [0.3, 0.4) is 0 Å². The SMILES string of the molecule is [NH3+]CC(=O)NS(=O)(=O)c1ccccc1. The Morgan fingerprint density at radius 1 is 1.29 bits per heavy atom. The monoisotopic (exact) mass is 215 g/mol. The van der Waals surface area contributed by atoms with E-state index in [0.29, 0.717) is 0 Å². The van der Waals surface area contributed by atoms with Crippen molar-refractivity contribution in [1.29, 1.82) is 0 Å². The first-order valence-corrected chi connectivity index (χ1v) is 5.44. The molecule has 0 aliphatic carbocycles. The number of rotatable bonds is 3. The number of hydrogen-bond acceptors (Lipinski definition) is 3. The summed E-state index contributed by atoms with van der Waals surface area (Å²) in [6.07, 6.45) is 0. The first-order chi connectivity index (χ1) is 6.56. The summed E-state index contributed by atoms with van der Waals surface area (Å²) in [7, 11) is -3.71. The lowest BCUT2D eigenvalue weighted by atomic mass is 10.4. The van der Waals surface area contributed by atoms with Crippen molar-refractivity contribution in [2.75, 3.05) is 6.54 Å². The van der Waals surface area contributed by atoms with Crippen LogP contribution < -0.4 is 10.5 Å². The topological polar surface area (TPSA) is 90.9 Å². The van der Waals surface area contributed by atoms with Crippen LogP contribution in [-0.2, 0) is 14.8 Å². The predicted molar refractivity (Wildman–Crippen MR) is 49.5 cm³/mol. The highest BCUT2D eigenvalue weighted by Crippen LogP contribution is 2.06. The zero-order chi connectivity index (χ0) is 10.6. The number of carbonyl (C=O) groups excluding carboxylic acids is 1. The third-order valence-electron chi connectivity index (χ3n) is 1.53. The molecular weight excluding hydrogens is 204 g/mol. The predicted octanol–water partition coefficient (Wildman–Crippen LogP) is -1.27. The average molecular weight is 215 g/mol. The Morgan fingerprint density at radius 2 is 1.86 bits per heavy atom. The molecule has 76 valence electrons. The molecule has 0 spiro atoms. The van der Waals surface area contributed by atoms with Crippen molar-refractivity contribution in [2.45, 2.75) is 4.90 Å². The molecule has 14 heavy (non-hydrogen) atoms. The van der Waals surface area contributed by atoms with E-state index in [1.807, 2.05) is 4.72 Å². The Kier molecular flexibility index (Phi) is 3.21. The molecule has 0 heterocycles. The quantitative estimate of drug-likeness (QED) is 0.659. The van der Waals surface area contributed by atoms with E-state index in [0.717, 1.165) is 0 Å². The van der Waals surface area contributed by atoms with Gasteiger partial charge in [0.2, 0.25) is 0 Å². The summed E-state index contributed by atoms with van der Waals surface area (Å²) < 4.78 is 24.8. The van der Waals surface area contributed by atoms with Gasteiger partial charge in [-0.15, -0.1) is 0 Å². The molecule has 0 aliphatic heterocycles. The van der Waals surface area contributed by atoms with Gasteiger partial charge < -0.3 is 5.73 Å². The standard InChI is InChI=1S/C8H10N2O3S/c9-6-8(11)10-14(12,13)7-4-2-1-3-5-7/h1-5H,6,9H2,(H,10,11)/p+1. The number of quaternary nitrogens is 1. The van der Waals surface area contributed by atoms with E-state index < -0.39 is 15.9 Å². The Bertz CT molecular complexity index is 413. The molecule has 0 atom stereocenters. The first kappa shape index (κ1) is 10.7. The van der Waals surface area contributed by atoms with E-state index in [-0.39, 0.29) is 11.4 Å². The molecule has 5 nitrogen and oxygen atoms in total.